The fraction of sp³-hybridized carbons (Fsp3) is 0.412. The molecule has 2 N–H and O–H groups in total. The Labute approximate surface area is 158 Å². The number of rotatable bonds is 3. The Kier molecular flexibility index (Phi) is 4.21. The second kappa shape index (κ2) is 6.86. The lowest BCUT2D eigenvalue weighted by Crippen LogP contribution is -2.40. The van der Waals surface area contributed by atoms with E-state index >= 15 is 0 Å². The van der Waals surface area contributed by atoms with Crippen molar-refractivity contribution >= 4 is 28.2 Å². The fourth-order valence-corrected chi connectivity index (χ4v) is 4.58. The molecule has 1 saturated heterocycles. The minimum atomic E-state index is -0.466. The summed E-state index contributed by atoms with van der Waals surface area (Å²) in [4.78, 5) is 16.2. The van der Waals surface area contributed by atoms with Crippen LogP contribution in [0.4, 0.5) is 21.3 Å². The molecule has 3 aromatic heterocycles. The van der Waals surface area contributed by atoms with E-state index in [0.29, 0.717) is 17.1 Å². The SMILES string of the molecule is Fc1cnc(Nc2nc3c(s2)CCN(C2CCOCC2)c2[nH]ncc2-3)nc1. The average molecular weight is 387 g/mol. The maximum Gasteiger partial charge on any atom is 0.229 e. The van der Waals surface area contributed by atoms with Gasteiger partial charge in [0.2, 0.25) is 5.95 Å². The normalized spacial score (nSPS) is 17.3. The number of fused-ring (bicyclic) bond motifs is 3. The topological polar surface area (TPSA) is 91.8 Å². The minimum Gasteiger partial charge on any atom is -0.381 e. The molecule has 0 aromatic carbocycles. The summed E-state index contributed by atoms with van der Waals surface area (Å²) in [5, 5.41) is 11.2. The van der Waals surface area contributed by atoms with Gasteiger partial charge in [-0.05, 0) is 12.8 Å². The van der Waals surface area contributed by atoms with Crippen LogP contribution in [-0.4, -0.2) is 50.9 Å². The highest BCUT2D eigenvalue weighted by atomic mass is 32.1. The zero-order valence-electron chi connectivity index (χ0n) is 14.5. The van der Waals surface area contributed by atoms with Gasteiger partial charge in [0.15, 0.2) is 10.9 Å². The van der Waals surface area contributed by atoms with E-state index in [-0.39, 0.29) is 0 Å². The first-order valence-electron chi connectivity index (χ1n) is 8.90. The van der Waals surface area contributed by atoms with Crippen LogP contribution in [0.2, 0.25) is 0 Å². The molecular weight excluding hydrogens is 369 g/mol. The third kappa shape index (κ3) is 3.15. The number of aromatic nitrogens is 5. The first-order chi connectivity index (χ1) is 13.3. The van der Waals surface area contributed by atoms with Gasteiger partial charge in [-0.2, -0.15) is 5.10 Å². The predicted octanol–water partition coefficient (Wildman–Crippen LogP) is 2.75. The summed E-state index contributed by atoms with van der Waals surface area (Å²) in [5.41, 5.74) is 1.95. The molecule has 0 aliphatic carbocycles. The summed E-state index contributed by atoms with van der Waals surface area (Å²) in [6.45, 7) is 2.51. The average Bonchev–Trinajstić information content (AvgIpc) is 3.29. The number of aromatic amines is 1. The molecule has 8 nitrogen and oxygen atoms in total. The van der Waals surface area contributed by atoms with E-state index in [0.717, 1.165) is 68.5 Å². The maximum atomic E-state index is 13.0. The monoisotopic (exact) mass is 387 g/mol. The van der Waals surface area contributed by atoms with Crippen molar-refractivity contribution in [1.29, 1.82) is 0 Å². The molecule has 1 fully saturated rings. The van der Waals surface area contributed by atoms with Crippen LogP contribution in [0.3, 0.4) is 0 Å². The van der Waals surface area contributed by atoms with Crippen LogP contribution in [0.1, 0.15) is 17.7 Å². The molecule has 2 aliphatic heterocycles. The number of nitrogens with one attached hydrogen (secondary N) is 2. The van der Waals surface area contributed by atoms with E-state index in [4.69, 9.17) is 9.72 Å². The fourth-order valence-electron chi connectivity index (χ4n) is 3.62. The zero-order chi connectivity index (χ0) is 18.2. The van der Waals surface area contributed by atoms with Gasteiger partial charge in [-0.3, -0.25) is 5.10 Å². The third-order valence-corrected chi connectivity index (χ3v) is 5.94. The molecule has 0 amide bonds. The molecule has 0 atom stereocenters. The van der Waals surface area contributed by atoms with Crippen LogP contribution in [0, 0.1) is 5.82 Å². The minimum absolute atomic E-state index is 0.330. The Morgan fingerprint density at radius 3 is 2.85 bits per heavy atom. The smallest absolute Gasteiger partial charge is 0.229 e. The maximum absolute atomic E-state index is 13.0. The molecule has 0 unspecified atom stereocenters. The lowest BCUT2D eigenvalue weighted by atomic mass is 10.1. The van der Waals surface area contributed by atoms with Gasteiger partial charge in [-0.25, -0.2) is 19.3 Å². The largest absolute Gasteiger partial charge is 0.381 e. The van der Waals surface area contributed by atoms with Crippen molar-refractivity contribution in [2.24, 2.45) is 0 Å². The van der Waals surface area contributed by atoms with Gasteiger partial charge < -0.3 is 15.0 Å². The first kappa shape index (κ1) is 16.6. The molecule has 140 valence electrons. The number of hydrogen-bond donors (Lipinski definition) is 2. The van der Waals surface area contributed by atoms with Gasteiger partial charge in [-0.1, -0.05) is 0 Å². The summed E-state index contributed by atoms with van der Waals surface area (Å²) in [6, 6.07) is 0.456. The number of thiazole rings is 1. The predicted molar refractivity (Wildman–Crippen MR) is 99.9 cm³/mol. The summed E-state index contributed by atoms with van der Waals surface area (Å²) in [5.74, 6) is 0.888. The highest BCUT2D eigenvalue weighted by Gasteiger charge is 2.30. The number of halogens is 1. The number of anilines is 3. The third-order valence-electron chi connectivity index (χ3n) is 4.91. The van der Waals surface area contributed by atoms with Gasteiger partial charge in [0.1, 0.15) is 5.82 Å². The highest BCUT2D eigenvalue weighted by molar-refractivity contribution is 7.16. The van der Waals surface area contributed by atoms with Crippen LogP contribution in [-0.2, 0) is 11.2 Å². The lowest BCUT2D eigenvalue weighted by molar-refractivity contribution is 0.0843. The van der Waals surface area contributed by atoms with Crippen LogP contribution in [0.25, 0.3) is 11.3 Å². The summed E-state index contributed by atoms with van der Waals surface area (Å²) < 4.78 is 18.5. The van der Waals surface area contributed by atoms with E-state index in [1.807, 2.05) is 6.20 Å². The van der Waals surface area contributed by atoms with E-state index in [1.54, 1.807) is 11.3 Å². The molecule has 0 bridgehead atoms. The van der Waals surface area contributed by atoms with E-state index < -0.39 is 5.82 Å². The van der Waals surface area contributed by atoms with Crippen molar-refractivity contribution in [2.75, 3.05) is 30.0 Å². The number of nitrogens with zero attached hydrogens (tertiary/aromatic N) is 5. The Hall–Kier alpha value is -2.59. The molecule has 0 spiro atoms. The second-order valence-electron chi connectivity index (χ2n) is 6.56. The molecule has 10 heteroatoms. The molecule has 0 radical (unpaired) electrons. The van der Waals surface area contributed by atoms with Gasteiger partial charge in [0.25, 0.3) is 0 Å². The van der Waals surface area contributed by atoms with Crippen molar-refractivity contribution in [2.45, 2.75) is 25.3 Å². The number of H-pyrrole nitrogens is 1. The van der Waals surface area contributed by atoms with Crippen LogP contribution < -0.4 is 10.2 Å². The van der Waals surface area contributed by atoms with E-state index in [9.17, 15) is 4.39 Å². The van der Waals surface area contributed by atoms with Crippen molar-refractivity contribution in [3.05, 3.63) is 29.3 Å². The summed E-state index contributed by atoms with van der Waals surface area (Å²) in [7, 11) is 0. The van der Waals surface area contributed by atoms with Crippen molar-refractivity contribution in [1.82, 2.24) is 25.1 Å². The van der Waals surface area contributed by atoms with Crippen molar-refractivity contribution in [3.63, 3.8) is 0 Å². The van der Waals surface area contributed by atoms with Gasteiger partial charge in [0.05, 0.1) is 29.8 Å². The quantitative estimate of drug-likeness (QED) is 0.714. The Balaban J connectivity index is 1.44. The van der Waals surface area contributed by atoms with Crippen LogP contribution in [0.5, 0.6) is 0 Å². The number of hydrogen-bond acceptors (Lipinski definition) is 8. The Bertz CT molecular complexity index is 935. The van der Waals surface area contributed by atoms with Crippen LogP contribution in [0.15, 0.2) is 18.6 Å². The van der Waals surface area contributed by atoms with Crippen LogP contribution >= 0.6 is 11.3 Å². The molecule has 3 aromatic rings. The van der Waals surface area contributed by atoms with Gasteiger partial charge >= 0.3 is 0 Å². The van der Waals surface area contributed by atoms with E-state index in [2.05, 4.69) is 30.4 Å². The zero-order valence-corrected chi connectivity index (χ0v) is 15.3. The molecule has 5 rings (SSSR count). The number of ether oxygens (including phenoxy) is 1. The molecular formula is C17H18FN7OS. The van der Waals surface area contributed by atoms with E-state index in [1.165, 1.54) is 4.88 Å². The summed E-state index contributed by atoms with van der Waals surface area (Å²) in [6.07, 6.45) is 7.05. The van der Waals surface area contributed by atoms with Gasteiger partial charge in [-0.15, -0.1) is 11.3 Å². The Morgan fingerprint density at radius 1 is 1.22 bits per heavy atom. The summed E-state index contributed by atoms with van der Waals surface area (Å²) >= 11 is 1.57. The van der Waals surface area contributed by atoms with Gasteiger partial charge in [0, 0.05) is 37.1 Å². The Morgan fingerprint density at radius 2 is 2.04 bits per heavy atom. The van der Waals surface area contributed by atoms with Crippen molar-refractivity contribution in [3.8, 4) is 11.3 Å². The molecule has 5 heterocycles. The second-order valence-corrected chi connectivity index (χ2v) is 7.64. The van der Waals surface area contributed by atoms with Crippen molar-refractivity contribution < 1.29 is 9.13 Å². The molecule has 27 heavy (non-hydrogen) atoms. The standard InChI is InChI=1S/C17H18FN7OS/c18-10-7-19-16(20-8-10)23-17-22-14-12-9-21-24-15(12)25(4-1-13(14)27-17)11-2-5-26-6-3-11/h7-9,11H,1-6H2,(H,21,24)(H,19,20,22,23). The first-order valence-corrected chi connectivity index (χ1v) is 9.72. The lowest BCUT2D eigenvalue weighted by Gasteiger charge is -2.34. The molecule has 2 aliphatic rings. The molecule has 0 saturated carbocycles. The highest BCUT2D eigenvalue weighted by Crippen LogP contribution is 2.40.